The van der Waals surface area contributed by atoms with Gasteiger partial charge in [0.25, 0.3) is 0 Å². The summed E-state index contributed by atoms with van der Waals surface area (Å²) in [6, 6.07) is -0.893. The van der Waals surface area contributed by atoms with Gasteiger partial charge in [0.2, 0.25) is 5.91 Å². The van der Waals surface area contributed by atoms with Gasteiger partial charge in [-0.3, -0.25) is 4.79 Å². The highest BCUT2D eigenvalue weighted by Crippen LogP contribution is 2.33. The summed E-state index contributed by atoms with van der Waals surface area (Å²) in [5.74, 6) is -0.256. The molecule has 0 aromatic carbocycles. The molecule has 17 unspecified atom stereocenters. The SMILES string of the molecule is CCCCC/C=C\C/C=C\C/C=C\CCCCCCCCC(=O)NC(COC1OC(CO)C(OC2OC(CO)C(OC3OC(CO)C(O)C(O)C3O)C(O)C2O)C(O)C1O)C(O)CCCCCCCCCCCCCCCCC. The minimum absolute atomic E-state index is 0.251. The van der Waals surface area contributed by atoms with Gasteiger partial charge in [-0.15, -0.1) is 0 Å². The van der Waals surface area contributed by atoms with Gasteiger partial charge in [-0.2, -0.15) is 0 Å². The monoisotopic (exact) mass is 1130 g/mol. The molecule has 0 bridgehead atoms. The molecule has 1 amide bonds. The third kappa shape index (κ3) is 27.5. The van der Waals surface area contributed by atoms with Crippen molar-refractivity contribution in [3.8, 4) is 0 Å². The molecule has 3 aliphatic rings. The van der Waals surface area contributed by atoms with Crippen molar-refractivity contribution in [1.82, 2.24) is 5.32 Å². The lowest BCUT2D eigenvalue weighted by Crippen LogP contribution is -2.66. The fourth-order valence-electron chi connectivity index (χ4n) is 10.4. The molecular formula is C60H109NO18. The number of hydrogen-bond donors (Lipinski definition) is 12. The number of amides is 1. The van der Waals surface area contributed by atoms with E-state index in [1.165, 1.54) is 89.9 Å². The first-order valence-corrected chi connectivity index (χ1v) is 30.7. The molecule has 0 aromatic heterocycles. The number of hydrogen-bond acceptors (Lipinski definition) is 18. The number of carbonyl (C=O) groups is 1. The number of unbranched alkanes of at least 4 members (excludes halogenated alkanes) is 23. The van der Waals surface area contributed by atoms with Gasteiger partial charge in [0.05, 0.1) is 38.6 Å². The predicted molar refractivity (Wildman–Crippen MR) is 300 cm³/mol. The summed E-state index contributed by atoms with van der Waals surface area (Å²) < 4.78 is 34.3. The first kappa shape index (κ1) is 71.3. The van der Waals surface area contributed by atoms with Crippen LogP contribution in [0.4, 0.5) is 0 Å². The molecule has 17 atom stereocenters. The first-order valence-electron chi connectivity index (χ1n) is 30.7. The fourth-order valence-corrected chi connectivity index (χ4v) is 10.4. The van der Waals surface area contributed by atoms with Gasteiger partial charge in [0.15, 0.2) is 18.9 Å². The Balaban J connectivity index is 1.49. The molecule has 12 N–H and O–H groups in total. The number of carbonyl (C=O) groups excluding carboxylic acids is 1. The molecule has 19 nitrogen and oxygen atoms in total. The molecule has 0 radical (unpaired) electrons. The predicted octanol–water partition coefficient (Wildman–Crippen LogP) is 5.71. The van der Waals surface area contributed by atoms with Gasteiger partial charge in [-0.05, 0) is 51.4 Å². The van der Waals surface area contributed by atoms with Gasteiger partial charge in [0, 0.05) is 6.42 Å². The highest BCUT2D eigenvalue weighted by molar-refractivity contribution is 5.76. The Morgan fingerprint density at radius 3 is 1.33 bits per heavy atom. The van der Waals surface area contributed by atoms with Crippen molar-refractivity contribution >= 4 is 5.91 Å². The van der Waals surface area contributed by atoms with Gasteiger partial charge in [-0.25, -0.2) is 0 Å². The quantitative estimate of drug-likeness (QED) is 0.0257. The molecule has 19 heteroatoms. The standard InChI is InChI=1S/C60H109NO18/c1-3-5-7-9-11-13-15-17-19-20-21-22-24-26-28-30-32-34-36-38-48(66)61-43(44(65)37-35-33-31-29-27-25-23-18-16-14-12-10-8-6-4-2)42-74-58-54(72)51(69)56(46(40-63)76-58)79-60-55(73)52(70)57(47(41-64)77-60)78-59-53(71)50(68)49(67)45(39-62)75-59/h11,13,17,19,21-22,43-47,49-60,62-65,67-73H,3-10,12,14-16,18,20,23-42H2,1-2H3,(H,61,66)/b13-11-,19-17-,22-21-. The Kier molecular flexibility index (Phi) is 39.4. The molecule has 0 aliphatic carbocycles. The number of allylic oxidation sites excluding steroid dienone is 6. The van der Waals surface area contributed by atoms with Gasteiger partial charge in [0.1, 0.15) is 73.2 Å². The highest BCUT2D eigenvalue weighted by atomic mass is 16.8. The zero-order chi connectivity index (χ0) is 57.6. The van der Waals surface area contributed by atoms with Crippen molar-refractivity contribution in [2.75, 3.05) is 26.4 Å². The summed E-state index contributed by atoms with van der Waals surface area (Å²) in [7, 11) is 0. The maximum Gasteiger partial charge on any atom is 0.220 e. The molecular weight excluding hydrogens is 1020 g/mol. The molecule has 3 aliphatic heterocycles. The van der Waals surface area contributed by atoms with E-state index >= 15 is 0 Å². The van der Waals surface area contributed by atoms with E-state index in [-0.39, 0.29) is 18.9 Å². The molecule has 3 heterocycles. The second-order valence-electron chi connectivity index (χ2n) is 22.2. The Hall–Kier alpha value is -1.99. The summed E-state index contributed by atoms with van der Waals surface area (Å²) in [4.78, 5) is 13.3. The molecule has 0 aromatic rings. The van der Waals surface area contributed by atoms with Crippen LogP contribution < -0.4 is 5.32 Å². The van der Waals surface area contributed by atoms with Gasteiger partial charge >= 0.3 is 0 Å². The van der Waals surface area contributed by atoms with E-state index in [4.69, 9.17) is 28.4 Å². The third-order valence-electron chi connectivity index (χ3n) is 15.5. The van der Waals surface area contributed by atoms with Crippen LogP contribution >= 0.6 is 0 Å². The molecule has 79 heavy (non-hydrogen) atoms. The zero-order valence-corrected chi connectivity index (χ0v) is 48.1. The van der Waals surface area contributed by atoms with Crippen LogP contribution in [0.1, 0.15) is 206 Å². The summed E-state index contributed by atoms with van der Waals surface area (Å²) >= 11 is 0. The Bertz CT molecular complexity index is 1590. The molecule has 3 fully saturated rings. The van der Waals surface area contributed by atoms with Crippen LogP contribution in [0.2, 0.25) is 0 Å². The zero-order valence-electron chi connectivity index (χ0n) is 48.1. The van der Waals surface area contributed by atoms with Crippen molar-refractivity contribution in [2.24, 2.45) is 0 Å². The second kappa shape index (κ2) is 43.6. The topological polar surface area (TPSA) is 307 Å². The smallest absolute Gasteiger partial charge is 0.220 e. The Morgan fingerprint density at radius 1 is 0.456 bits per heavy atom. The minimum Gasteiger partial charge on any atom is -0.394 e. The van der Waals surface area contributed by atoms with E-state index in [1.54, 1.807) is 0 Å². The number of nitrogens with one attached hydrogen (secondary N) is 1. The largest absolute Gasteiger partial charge is 0.394 e. The normalized spacial score (nSPS) is 30.5. The minimum atomic E-state index is -1.97. The maximum absolute atomic E-state index is 13.3. The van der Waals surface area contributed by atoms with Crippen LogP contribution in [0.3, 0.4) is 0 Å². The van der Waals surface area contributed by atoms with Crippen LogP contribution in [0.15, 0.2) is 36.5 Å². The number of rotatable bonds is 45. The average Bonchev–Trinajstić information content (AvgIpc) is 3.47. The summed E-state index contributed by atoms with van der Waals surface area (Å²) in [6.45, 7) is 1.75. The van der Waals surface area contributed by atoms with E-state index in [0.717, 1.165) is 83.5 Å². The van der Waals surface area contributed by atoms with Crippen molar-refractivity contribution in [3.05, 3.63) is 36.5 Å². The first-order chi connectivity index (χ1) is 38.3. The van der Waals surface area contributed by atoms with E-state index in [9.17, 15) is 61.0 Å². The van der Waals surface area contributed by atoms with E-state index in [2.05, 4.69) is 55.6 Å². The van der Waals surface area contributed by atoms with Crippen molar-refractivity contribution < 1.29 is 89.4 Å². The Morgan fingerprint density at radius 2 is 0.835 bits per heavy atom. The van der Waals surface area contributed by atoms with E-state index < -0.39 is 124 Å². The number of aliphatic hydroxyl groups excluding tert-OH is 11. The van der Waals surface area contributed by atoms with E-state index in [0.29, 0.717) is 12.8 Å². The van der Waals surface area contributed by atoms with Crippen molar-refractivity contribution in [1.29, 1.82) is 0 Å². The van der Waals surface area contributed by atoms with Crippen molar-refractivity contribution in [2.45, 2.75) is 311 Å². The summed E-state index contributed by atoms with van der Waals surface area (Å²) in [6.07, 6.45) is 19.3. The maximum atomic E-state index is 13.3. The summed E-state index contributed by atoms with van der Waals surface area (Å²) in [5.41, 5.74) is 0. The van der Waals surface area contributed by atoms with E-state index in [1.807, 2.05) is 0 Å². The van der Waals surface area contributed by atoms with Crippen LogP contribution in [0.5, 0.6) is 0 Å². The lowest BCUT2D eigenvalue weighted by atomic mass is 9.96. The molecule has 0 saturated carbocycles. The van der Waals surface area contributed by atoms with Gasteiger partial charge in [-0.1, -0.05) is 185 Å². The third-order valence-corrected chi connectivity index (χ3v) is 15.5. The lowest BCUT2D eigenvalue weighted by molar-refractivity contribution is -0.379. The van der Waals surface area contributed by atoms with Crippen molar-refractivity contribution in [3.63, 3.8) is 0 Å². The fraction of sp³-hybridized carbons (Fsp3) is 0.883. The average molecular weight is 1130 g/mol. The molecule has 0 spiro atoms. The van der Waals surface area contributed by atoms with Crippen LogP contribution in [-0.2, 0) is 33.2 Å². The number of aliphatic hydroxyl groups is 11. The van der Waals surface area contributed by atoms with Crippen LogP contribution in [0.25, 0.3) is 0 Å². The molecule has 3 rings (SSSR count). The lowest BCUT2D eigenvalue weighted by Gasteiger charge is -2.48. The Labute approximate surface area is 472 Å². The molecule has 462 valence electrons. The van der Waals surface area contributed by atoms with Crippen LogP contribution in [0, 0.1) is 0 Å². The van der Waals surface area contributed by atoms with Crippen LogP contribution in [-0.4, -0.2) is 193 Å². The second-order valence-corrected chi connectivity index (χ2v) is 22.2. The highest BCUT2D eigenvalue weighted by Gasteiger charge is 2.53. The molecule has 3 saturated heterocycles. The summed E-state index contributed by atoms with van der Waals surface area (Å²) in [5, 5.41) is 120. The van der Waals surface area contributed by atoms with Gasteiger partial charge < -0.3 is 89.9 Å². The number of ether oxygens (including phenoxy) is 6.